The summed E-state index contributed by atoms with van der Waals surface area (Å²) in [6.07, 6.45) is 3.94. The number of carbonyl (C=O) groups excluding carboxylic acids is 1. The van der Waals surface area contributed by atoms with E-state index in [1.807, 2.05) is 0 Å². The molecule has 0 aromatic heterocycles. The van der Waals surface area contributed by atoms with E-state index in [-0.39, 0.29) is 5.92 Å². The zero-order valence-corrected chi connectivity index (χ0v) is 8.79. The Bertz CT molecular complexity index is 288. The minimum atomic E-state index is -4.36. The Kier molecular flexibility index (Phi) is 3.96. The van der Waals surface area contributed by atoms with Gasteiger partial charge in [-0.1, -0.05) is 19.3 Å². The highest BCUT2D eigenvalue weighted by Crippen LogP contribution is 2.29. The molecular weight excluding hydrogens is 220 g/mol. The van der Waals surface area contributed by atoms with Crippen LogP contribution in [0.25, 0.3) is 0 Å². The van der Waals surface area contributed by atoms with Crippen LogP contribution in [-0.2, 0) is 9.59 Å². The molecule has 1 aliphatic rings. The Morgan fingerprint density at radius 1 is 1.25 bits per heavy atom. The van der Waals surface area contributed by atoms with E-state index in [4.69, 9.17) is 10.8 Å². The maximum Gasteiger partial charge on any atom is 0.401 e. The van der Waals surface area contributed by atoms with Crippen molar-refractivity contribution in [2.45, 2.75) is 44.1 Å². The molecule has 0 amide bonds. The predicted molar refractivity (Wildman–Crippen MR) is 52.1 cm³/mol. The summed E-state index contributed by atoms with van der Waals surface area (Å²) in [5.74, 6) is -8.78. The Hall–Kier alpha value is -1.04. The molecule has 0 aromatic rings. The molecule has 0 aliphatic heterocycles. The van der Waals surface area contributed by atoms with Crippen molar-refractivity contribution in [3.8, 4) is 0 Å². The van der Waals surface area contributed by atoms with Crippen molar-refractivity contribution in [2.24, 2.45) is 11.7 Å². The van der Waals surface area contributed by atoms with Gasteiger partial charge in [0.1, 0.15) is 0 Å². The van der Waals surface area contributed by atoms with E-state index in [2.05, 4.69) is 0 Å². The van der Waals surface area contributed by atoms with Gasteiger partial charge >= 0.3 is 11.9 Å². The summed E-state index contributed by atoms with van der Waals surface area (Å²) in [5, 5.41) is 8.23. The Morgan fingerprint density at radius 3 is 2.19 bits per heavy atom. The smallest absolute Gasteiger partial charge is 0.401 e. The summed E-state index contributed by atoms with van der Waals surface area (Å²) in [6, 6.07) is -1.37. The van der Waals surface area contributed by atoms with Gasteiger partial charge in [-0.15, -0.1) is 0 Å². The van der Waals surface area contributed by atoms with Crippen LogP contribution < -0.4 is 5.73 Å². The van der Waals surface area contributed by atoms with Gasteiger partial charge in [0, 0.05) is 0 Å². The number of carboxylic acid groups (broad SMARTS) is 1. The molecule has 0 heterocycles. The van der Waals surface area contributed by atoms with Crippen molar-refractivity contribution < 1.29 is 23.5 Å². The predicted octanol–water partition coefficient (Wildman–Crippen LogP) is 1.18. The second-order valence-corrected chi connectivity index (χ2v) is 4.17. The molecule has 16 heavy (non-hydrogen) atoms. The first kappa shape index (κ1) is 13.0. The van der Waals surface area contributed by atoms with E-state index in [1.54, 1.807) is 0 Å². The van der Waals surface area contributed by atoms with Gasteiger partial charge in [-0.3, -0.25) is 4.79 Å². The van der Waals surface area contributed by atoms with E-state index >= 15 is 0 Å². The maximum absolute atomic E-state index is 12.9. The Morgan fingerprint density at radius 2 is 1.75 bits per heavy atom. The highest BCUT2D eigenvalue weighted by molar-refractivity contribution is 6.07. The average Bonchev–Trinajstić information content (AvgIpc) is 2.28. The maximum atomic E-state index is 12.9. The summed E-state index contributed by atoms with van der Waals surface area (Å²) in [6.45, 7) is 0. The number of nitrogens with two attached hydrogens (primary N) is 1. The zero-order valence-electron chi connectivity index (χ0n) is 8.79. The number of rotatable bonds is 4. The molecule has 1 aliphatic carbocycles. The third-order valence-electron chi connectivity index (χ3n) is 3.04. The first-order valence-corrected chi connectivity index (χ1v) is 5.28. The number of hydrogen-bond donors (Lipinski definition) is 2. The summed E-state index contributed by atoms with van der Waals surface area (Å²) in [4.78, 5) is 21.5. The number of carboxylic acids is 1. The summed E-state index contributed by atoms with van der Waals surface area (Å²) in [5.41, 5.74) is 5.42. The van der Waals surface area contributed by atoms with E-state index in [9.17, 15) is 18.4 Å². The molecule has 1 saturated carbocycles. The molecular formula is C10H15F2NO3. The second kappa shape index (κ2) is 4.86. The Balaban J connectivity index is 2.69. The Labute approximate surface area is 91.8 Å². The molecule has 0 bridgehead atoms. The molecule has 0 spiro atoms. The number of ketones is 1. The van der Waals surface area contributed by atoms with Crippen molar-refractivity contribution in [2.75, 3.05) is 0 Å². The molecule has 1 fully saturated rings. The first-order chi connectivity index (χ1) is 7.37. The van der Waals surface area contributed by atoms with Gasteiger partial charge in [0.2, 0.25) is 5.78 Å². The van der Waals surface area contributed by atoms with Crippen LogP contribution in [0.2, 0.25) is 0 Å². The molecule has 1 atom stereocenters. The molecule has 4 nitrogen and oxygen atoms in total. The van der Waals surface area contributed by atoms with Crippen LogP contribution in [0.15, 0.2) is 0 Å². The fourth-order valence-electron chi connectivity index (χ4n) is 2.02. The van der Waals surface area contributed by atoms with Gasteiger partial charge < -0.3 is 10.8 Å². The standard InChI is InChI=1S/C10H15F2NO3/c11-10(12,9(15)16)8(14)7(13)6-4-2-1-3-5-6/h6-7H,1-5,13H2,(H,15,16)/t7-/m0/s1. The van der Waals surface area contributed by atoms with Crippen LogP contribution in [0, 0.1) is 5.92 Å². The van der Waals surface area contributed by atoms with Crippen molar-refractivity contribution >= 4 is 11.8 Å². The van der Waals surface area contributed by atoms with E-state index in [0.717, 1.165) is 19.3 Å². The van der Waals surface area contributed by atoms with Gasteiger partial charge in [-0.2, -0.15) is 8.78 Å². The minimum absolute atomic E-state index is 0.313. The fourth-order valence-corrected chi connectivity index (χ4v) is 2.02. The van der Waals surface area contributed by atoms with Crippen LogP contribution in [0.1, 0.15) is 32.1 Å². The quantitative estimate of drug-likeness (QED) is 0.717. The monoisotopic (exact) mass is 235 g/mol. The SMILES string of the molecule is N[C@H](C(=O)C(F)(F)C(=O)O)C1CCCCC1. The molecule has 0 radical (unpaired) electrons. The lowest BCUT2D eigenvalue weighted by Gasteiger charge is -2.27. The van der Waals surface area contributed by atoms with Gasteiger partial charge in [0.15, 0.2) is 0 Å². The molecule has 6 heteroatoms. The van der Waals surface area contributed by atoms with Crippen LogP contribution in [0.5, 0.6) is 0 Å². The molecule has 3 N–H and O–H groups in total. The van der Waals surface area contributed by atoms with Crippen molar-refractivity contribution in [3.63, 3.8) is 0 Å². The normalized spacial score (nSPS) is 20.4. The van der Waals surface area contributed by atoms with Crippen molar-refractivity contribution in [1.29, 1.82) is 0 Å². The van der Waals surface area contributed by atoms with E-state index in [1.165, 1.54) is 0 Å². The molecule has 0 saturated heterocycles. The molecule has 0 aromatic carbocycles. The van der Waals surface area contributed by atoms with E-state index < -0.39 is 23.7 Å². The zero-order chi connectivity index (χ0) is 12.3. The average molecular weight is 235 g/mol. The lowest BCUT2D eigenvalue weighted by atomic mass is 9.81. The molecule has 0 unspecified atom stereocenters. The summed E-state index contributed by atoms with van der Waals surface area (Å²) >= 11 is 0. The number of hydrogen-bond acceptors (Lipinski definition) is 3. The van der Waals surface area contributed by atoms with Crippen LogP contribution in [0.4, 0.5) is 8.78 Å². The highest BCUT2D eigenvalue weighted by atomic mass is 19.3. The topological polar surface area (TPSA) is 80.4 Å². The number of carbonyl (C=O) groups is 2. The van der Waals surface area contributed by atoms with Gasteiger partial charge in [0.05, 0.1) is 6.04 Å². The second-order valence-electron chi connectivity index (χ2n) is 4.17. The van der Waals surface area contributed by atoms with Crippen LogP contribution in [-0.4, -0.2) is 28.8 Å². The summed E-state index contributed by atoms with van der Waals surface area (Å²) in [7, 11) is 0. The van der Waals surface area contributed by atoms with Gasteiger partial charge in [-0.25, -0.2) is 4.79 Å². The lowest BCUT2D eigenvalue weighted by Crippen LogP contribution is -2.51. The van der Waals surface area contributed by atoms with Crippen LogP contribution in [0.3, 0.4) is 0 Å². The first-order valence-electron chi connectivity index (χ1n) is 5.28. The number of halogens is 2. The fraction of sp³-hybridized carbons (Fsp3) is 0.800. The number of Topliss-reactive ketones (excluding diaryl/α,β-unsaturated/α-hetero) is 1. The van der Waals surface area contributed by atoms with Crippen molar-refractivity contribution in [1.82, 2.24) is 0 Å². The largest absolute Gasteiger partial charge is 0.476 e. The third-order valence-corrected chi connectivity index (χ3v) is 3.04. The van der Waals surface area contributed by atoms with E-state index in [0.29, 0.717) is 12.8 Å². The number of aliphatic carboxylic acids is 1. The molecule has 1 rings (SSSR count). The van der Waals surface area contributed by atoms with Gasteiger partial charge in [-0.05, 0) is 18.8 Å². The van der Waals surface area contributed by atoms with Crippen LogP contribution >= 0.6 is 0 Å². The lowest BCUT2D eigenvalue weighted by molar-refractivity contribution is -0.172. The molecule has 92 valence electrons. The van der Waals surface area contributed by atoms with Gasteiger partial charge in [0.25, 0.3) is 0 Å². The summed E-state index contributed by atoms with van der Waals surface area (Å²) < 4.78 is 25.8. The van der Waals surface area contributed by atoms with Crippen molar-refractivity contribution in [3.05, 3.63) is 0 Å². The third kappa shape index (κ3) is 2.55. The number of alkyl halides is 2. The minimum Gasteiger partial charge on any atom is -0.476 e. The highest BCUT2D eigenvalue weighted by Gasteiger charge is 2.50.